The van der Waals surface area contributed by atoms with E-state index in [9.17, 15) is 4.79 Å². The number of likely N-dealkylation sites (tertiary alicyclic amines) is 1. The SMILES string of the molecule is COc1ccc(CC(=O)N2CC3(CC(c4ccccc4)C3)C2)cc1OC. The highest BCUT2D eigenvalue weighted by Crippen LogP contribution is 2.56. The highest BCUT2D eigenvalue weighted by atomic mass is 16.5. The van der Waals surface area contributed by atoms with Gasteiger partial charge in [-0.3, -0.25) is 4.79 Å². The molecule has 0 atom stereocenters. The first-order valence-corrected chi connectivity index (χ1v) is 9.16. The summed E-state index contributed by atoms with van der Waals surface area (Å²) in [7, 11) is 3.23. The van der Waals surface area contributed by atoms with E-state index in [-0.39, 0.29) is 5.91 Å². The van der Waals surface area contributed by atoms with Crippen LogP contribution in [0.5, 0.6) is 11.5 Å². The van der Waals surface area contributed by atoms with E-state index in [1.165, 1.54) is 18.4 Å². The highest BCUT2D eigenvalue weighted by Gasteiger charge is 2.53. The number of carbonyl (C=O) groups is 1. The summed E-state index contributed by atoms with van der Waals surface area (Å²) in [5.41, 5.74) is 2.77. The fourth-order valence-corrected chi connectivity index (χ4v) is 4.42. The summed E-state index contributed by atoms with van der Waals surface area (Å²) >= 11 is 0. The topological polar surface area (TPSA) is 38.8 Å². The van der Waals surface area contributed by atoms with Crippen LogP contribution in [0.4, 0.5) is 0 Å². The van der Waals surface area contributed by atoms with E-state index >= 15 is 0 Å². The van der Waals surface area contributed by atoms with Crippen LogP contribution in [0.3, 0.4) is 0 Å². The van der Waals surface area contributed by atoms with Crippen molar-refractivity contribution < 1.29 is 14.3 Å². The first-order valence-electron chi connectivity index (χ1n) is 9.16. The van der Waals surface area contributed by atoms with Gasteiger partial charge in [-0.15, -0.1) is 0 Å². The number of amides is 1. The standard InChI is InChI=1S/C22H25NO3/c1-25-19-9-8-16(10-20(19)26-2)11-21(24)23-14-22(15-23)12-18(13-22)17-6-4-3-5-7-17/h3-10,18H,11-15H2,1-2H3. The summed E-state index contributed by atoms with van der Waals surface area (Å²) in [6.45, 7) is 1.81. The van der Waals surface area contributed by atoms with Crippen LogP contribution in [0, 0.1) is 5.41 Å². The molecular weight excluding hydrogens is 326 g/mol. The zero-order valence-electron chi connectivity index (χ0n) is 15.4. The van der Waals surface area contributed by atoms with Crippen LogP contribution in [0.25, 0.3) is 0 Å². The number of hydrogen-bond acceptors (Lipinski definition) is 3. The van der Waals surface area contributed by atoms with Gasteiger partial charge in [0.2, 0.25) is 5.91 Å². The van der Waals surface area contributed by atoms with E-state index in [2.05, 4.69) is 30.3 Å². The Morgan fingerprint density at radius 1 is 1.04 bits per heavy atom. The molecule has 2 aromatic rings. The lowest BCUT2D eigenvalue weighted by molar-refractivity contribution is -0.150. The number of ether oxygens (including phenoxy) is 2. The normalized spacial score (nSPS) is 18.2. The summed E-state index contributed by atoms with van der Waals surface area (Å²) in [6, 6.07) is 16.4. The number of methoxy groups -OCH3 is 2. The van der Waals surface area contributed by atoms with Gasteiger partial charge in [0.15, 0.2) is 11.5 Å². The van der Waals surface area contributed by atoms with Crippen LogP contribution in [0.2, 0.25) is 0 Å². The van der Waals surface area contributed by atoms with Gasteiger partial charge in [-0.25, -0.2) is 0 Å². The smallest absolute Gasteiger partial charge is 0.227 e. The second kappa shape index (κ2) is 6.67. The van der Waals surface area contributed by atoms with Gasteiger partial charge < -0.3 is 14.4 Å². The largest absolute Gasteiger partial charge is 0.493 e. The Labute approximate surface area is 154 Å². The first kappa shape index (κ1) is 17.0. The molecule has 1 aliphatic carbocycles. The van der Waals surface area contributed by atoms with E-state index in [0.29, 0.717) is 29.3 Å². The van der Waals surface area contributed by atoms with Crippen molar-refractivity contribution in [1.29, 1.82) is 0 Å². The van der Waals surface area contributed by atoms with Crippen LogP contribution < -0.4 is 9.47 Å². The molecule has 0 aromatic heterocycles. The fourth-order valence-electron chi connectivity index (χ4n) is 4.42. The lowest BCUT2D eigenvalue weighted by Crippen LogP contribution is -2.63. The van der Waals surface area contributed by atoms with Crippen LogP contribution in [-0.2, 0) is 11.2 Å². The van der Waals surface area contributed by atoms with Gasteiger partial charge in [-0.1, -0.05) is 36.4 Å². The third-order valence-corrected chi connectivity index (χ3v) is 5.84. The molecule has 4 heteroatoms. The van der Waals surface area contributed by atoms with Crippen LogP contribution >= 0.6 is 0 Å². The van der Waals surface area contributed by atoms with Crippen molar-refractivity contribution in [2.75, 3.05) is 27.3 Å². The van der Waals surface area contributed by atoms with Crippen molar-refractivity contribution in [2.45, 2.75) is 25.2 Å². The van der Waals surface area contributed by atoms with Crippen molar-refractivity contribution in [3.8, 4) is 11.5 Å². The zero-order valence-corrected chi connectivity index (χ0v) is 15.4. The monoisotopic (exact) mass is 351 g/mol. The molecule has 1 amide bonds. The molecule has 26 heavy (non-hydrogen) atoms. The Kier molecular flexibility index (Phi) is 4.35. The van der Waals surface area contributed by atoms with Gasteiger partial charge in [0.05, 0.1) is 20.6 Å². The van der Waals surface area contributed by atoms with Crippen molar-refractivity contribution in [3.05, 3.63) is 59.7 Å². The van der Waals surface area contributed by atoms with Crippen LogP contribution in [0.15, 0.2) is 48.5 Å². The second-order valence-corrected chi connectivity index (χ2v) is 7.63. The molecule has 1 saturated carbocycles. The maximum Gasteiger partial charge on any atom is 0.227 e. The average molecular weight is 351 g/mol. The molecule has 0 N–H and O–H groups in total. The molecular formula is C22H25NO3. The fraction of sp³-hybridized carbons (Fsp3) is 0.409. The van der Waals surface area contributed by atoms with Crippen molar-refractivity contribution >= 4 is 5.91 Å². The van der Waals surface area contributed by atoms with Gasteiger partial charge in [0, 0.05) is 18.5 Å². The van der Waals surface area contributed by atoms with Crippen LogP contribution in [0.1, 0.15) is 29.9 Å². The first-order chi connectivity index (χ1) is 12.6. The van der Waals surface area contributed by atoms with E-state index in [4.69, 9.17) is 9.47 Å². The molecule has 0 unspecified atom stereocenters. The summed E-state index contributed by atoms with van der Waals surface area (Å²) in [4.78, 5) is 14.6. The number of benzene rings is 2. The van der Waals surface area contributed by atoms with Crippen molar-refractivity contribution in [2.24, 2.45) is 5.41 Å². The molecule has 2 aliphatic rings. The van der Waals surface area contributed by atoms with Gasteiger partial charge in [0.1, 0.15) is 0 Å². The van der Waals surface area contributed by atoms with Crippen LogP contribution in [-0.4, -0.2) is 38.1 Å². The molecule has 0 bridgehead atoms. The second-order valence-electron chi connectivity index (χ2n) is 7.63. The lowest BCUT2D eigenvalue weighted by atomic mass is 9.56. The maximum absolute atomic E-state index is 12.6. The quantitative estimate of drug-likeness (QED) is 0.825. The minimum atomic E-state index is 0.200. The van der Waals surface area contributed by atoms with E-state index < -0.39 is 0 Å². The summed E-state index contributed by atoms with van der Waals surface area (Å²) in [6.07, 6.45) is 2.83. The Bertz CT molecular complexity index is 788. The van der Waals surface area contributed by atoms with Crippen molar-refractivity contribution in [3.63, 3.8) is 0 Å². The Balaban J connectivity index is 1.30. The lowest BCUT2D eigenvalue weighted by Gasteiger charge is -2.59. The van der Waals surface area contributed by atoms with Gasteiger partial charge in [0.25, 0.3) is 0 Å². The molecule has 1 aliphatic heterocycles. The van der Waals surface area contributed by atoms with E-state index in [1.54, 1.807) is 14.2 Å². The van der Waals surface area contributed by atoms with Crippen molar-refractivity contribution in [1.82, 2.24) is 4.90 Å². The molecule has 136 valence electrons. The Hall–Kier alpha value is -2.49. The van der Waals surface area contributed by atoms with Gasteiger partial charge >= 0.3 is 0 Å². The Morgan fingerprint density at radius 3 is 2.38 bits per heavy atom. The number of hydrogen-bond donors (Lipinski definition) is 0. The molecule has 2 fully saturated rings. The average Bonchev–Trinajstić information content (AvgIpc) is 2.60. The third-order valence-electron chi connectivity index (χ3n) is 5.84. The highest BCUT2D eigenvalue weighted by molar-refractivity contribution is 5.80. The summed E-state index contributed by atoms with van der Waals surface area (Å²) in [5.74, 6) is 2.22. The number of carbonyl (C=O) groups excluding carboxylic acids is 1. The number of nitrogens with zero attached hydrogens (tertiary/aromatic N) is 1. The van der Waals surface area contributed by atoms with Gasteiger partial charge in [-0.2, -0.15) is 0 Å². The molecule has 4 rings (SSSR count). The Morgan fingerprint density at radius 2 is 1.73 bits per heavy atom. The molecule has 0 radical (unpaired) electrons. The molecule has 1 heterocycles. The summed E-state index contributed by atoms with van der Waals surface area (Å²) < 4.78 is 10.6. The molecule has 4 nitrogen and oxygen atoms in total. The summed E-state index contributed by atoms with van der Waals surface area (Å²) in [5, 5.41) is 0. The third kappa shape index (κ3) is 3.05. The minimum absolute atomic E-state index is 0.200. The molecule has 1 spiro atoms. The molecule has 1 saturated heterocycles. The zero-order chi connectivity index (χ0) is 18.1. The predicted molar refractivity (Wildman–Crippen MR) is 101 cm³/mol. The number of rotatable bonds is 5. The molecule has 2 aromatic carbocycles. The van der Waals surface area contributed by atoms with E-state index in [1.807, 2.05) is 23.1 Å². The predicted octanol–water partition coefficient (Wildman–Crippen LogP) is 3.65. The van der Waals surface area contributed by atoms with Gasteiger partial charge in [-0.05, 0) is 42.0 Å². The minimum Gasteiger partial charge on any atom is -0.493 e. The maximum atomic E-state index is 12.6. The van der Waals surface area contributed by atoms with E-state index in [0.717, 1.165) is 18.7 Å².